The molecule has 6 N–H and O–H groups in total. The highest BCUT2D eigenvalue weighted by atomic mass is 16.3. The summed E-state index contributed by atoms with van der Waals surface area (Å²) in [5, 5.41) is 15.9. The van der Waals surface area contributed by atoms with Crippen LogP contribution in [-0.2, 0) is 0 Å². The number of anilines is 2. The van der Waals surface area contributed by atoms with E-state index < -0.39 is 11.5 Å². The Morgan fingerprint density at radius 1 is 1.39 bits per heavy atom. The Labute approximate surface area is 134 Å². The molecule has 2 atom stereocenters. The number of carbonyl (C=O) groups excluding carboxylic acids is 1. The average molecular weight is 323 g/mol. The quantitative estimate of drug-likeness (QED) is 0.556. The van der Waals surface area contributed by atoms with Gasteiger partial charge in [-0.3, -0.25) is 14.6 Å². The molecule has 0 radical (unpaired) electrons. The Balaban J connectivity index is 2.34. The lowest BCUT2D eigenvalue weighted by Crippen LogP contribution is -2.35. The maximum Gasteiger partial charge on any atom is 0.267 e. The molecule has 0 saturated heterocycles. The Bertz CT molecular complexity index is 635. The van der Waals surface area contributed by atoms with E-state index in [9.17, 15) is 14.7 Å². The first-order valence-electron chi connectivity index (χ1n) is 7.82. The second-order valence-corrected chi connectivity index (χ2v) is 7.04. The molecule has 1 saturated carbocycles. The van der Waals surface area contributed by atoms with Crippen molar-refractivity contribution < 1.29 is 9.90 Å². The molecule has 1 aromatic rings. The number of aromatic nitrogens is 2. The zero-order valence-electron chi connectivity index (χ0n) is 13.8. The minimum Gasteiger partial charge on any atom is -0.393 e. The fourth-order valence-corrected chi connectivity index (χ4v) is 2.71. The van der Waals surface area contributed by atoms with Crippen molar-refractivity contribution in [3.05, 3.63) is 15.9 Å². The molecule has 8 nitrogen and oxygen atoms in total. The highest BCUT2D eigenvalue weighted by Gasteiger charge is 2.24. The number of aliphatic hydroxyl groups is 1. The van der Waals surface area contributed by atoms with Crippen LogP contribution in [0.25, 0.3) is 0 Å². The van der Waals surface area contributed by atoms with Crippen molar-refractivity contribution in [2.75, 3.05) is 10.6 Å². The number of hydrogen-bond acceptors (Lipinski definition) is 6. The van der Waals surface area contributed by atoms with Gasteiger partial charge in [-0.05, 0) is 46.5 Å². The van der Waals surface area contributed by atoms with E-state index in [0.29, 0.717) is 6.42 Å². The Morgan fingerprint density at radius 3 is 2.65 bits per heavy atom. The smallest absolute Gasteiger partial charge is 0.267 e. The van der Waals surface area contributed by atoms with Gasteiger partial charge in [0.2, 0.25) is 5.95 Å². The summed E-state index contributed by atoms with van der Waals surface area (Å²) >= 11 is 0. The third kappa shape index (κ3) is 4.69. The molecule has 2 unspecified atom stereocenters. The van der Waals surface area contributed by atoms with Gasteiger partial charge < -0.3 is 21.5 Å². The molecule has 128 valence electrons. The number of nitrogens with two attached hydrogens (primary N) is 1. The van der Waals surface area contributed by atoms with Crippen LogP contribution in [0, 0.1) is 0 Å². The Kier molecular flexibility index (Phi) is 4.93. The van der Waals surface area contributed by atoms with Gasteiger partial charge in [0.15, 0.2) is 0 Å². The monoisotopic (exact) mass is 323 g/mol. The van der Waals surface area contributed by atoms with E-state index in [1.807, 2.05) is 20.8 Å². The van der Waals surface area contributed by atoms with Crippen molar-refractivity contribution in [1.29, 1.82) is 0 Å². The molecule has 1 heterocycles. The van der Waals surface area contributed by atoms with Gasteiger partial charge in [0.05, 0.1) is 6.10 Å². The van der Waals surface area contributed by atoms with Crippen LogP contribution >= 0.6 is 0 Å². The fraction of sp³-hybridized carbons (Fsp3) is 0.667. The molecular formula is C15H25N5O3. The van der Waals surface area contributed by atoms with E-state index in [-0.39, 0.29) is 35.0 Å². The number of carbonyl (C=O) groups is 1. The number of aromatic amines is 1. The zero-order valence-corrected chi connectivity index (χ0v) is 13.8. The van der Waals surface area contributed by atoms with Gasteiger partial charge in [0.25, 0.3) is 11.5 Å². The molecule has 1 aromatic heterocycles. The van der Waals surface area contributed by atoms with Crippen LogP contribution in [-0.4, -0.2) is 38.7 Å². The van der Waals surface area contributed by atoms with Crippen LogP contribution in [0.4, 0.5) is 11.8 Å². The largest absolute Gasteiger partial charge is 0.393 e. The minimum absolute atomic E-state index is 0.0476. The van der Waals surface area contributed by atoms with Gasteiger partial charge in [0.1, 0.15) is 11.4 Å². The molecule has 1 aliphatic rings. The molecule has 2 rings (SSSR count). The number of rotatable bonds is 4. The molecule has 1 fully saturated rings. The van der Waals surface area contributed by atoms with E-state index in [2.05, 4.69) is 20.6 Å². The number of amides is 1. The van der Waals surface area contributed by atoms with Gasteiger partial charge in [-0.2, -0.15) is 4.98 Å². The summed E-state index contributed by atoms with van der Waals surface area (Å²) in [5.74, 6) is -0.404. The molecule has 0 bridgehead atoms. The standard InChI is InChI=1S/C15H25N5O3/c1-15(2,3)20-14-18-12(10(11(16)22)13(23)19-14)17-8-5-4-6-9(21)7-8/h8-9,21H,4-7H2,1-3H3,(H2,16,22)(H3,17,18,19,20,23). The Morgan fingerprint density at radius 2 is 2.09 bits per heavy atom. The van der Waals surface area contributed by atoms with Gasteiger partial charge in [-0.25, -0.2) is 0 Å². The molecule has 23 heavy (non-hydrogen) atoms. The zero-order chi connectivity index (χ0) is 17.2. The average Bonchev–Trinajstić information content (AvgIpc) is 2.35. The molecule has 0 spiro atoms. The fourth-order valence-electron chi connectivity index (χ4n) is 2.71. The van der Waals surface area contributed by atoms with E-state index in [1.165, 1.54) is 0 Å². The predicted molar refractivity (Wildman–Crippen MR) is 88.6 cm³/mol. The van der Waals surface area contributed by atoms with E-state index in [0.717, 1.165) is 19.3 Å². The summed E-state index contributed by atoms with van der Waals surface area (Å²) in [5.41, 5.74) is 4.24. The molecule has 1 amide bonds. The van der Waals surface area contributed by atoms with Crippen LogP contribution in [0.5, 0.6) is 0 Å². The van der Waals surface area contributed by atoms with Crippen LogP contribution in [0.15, 0.2) is 4.79 Å². The maximum atomic E-state index is 12.2. The van der Waals surface area contributed by atoms with Crippen molar-refractivity contribution in [1.82, 2.24) is 9.97 Å². The van der Waals surface area contributed by atoms with Crippen molar-refractivity contribution >= 4 is 17.7 Å². The van der Waals surface area contributed by atoms with Crippen molar-refractivity contribution in [3.8, 4) is 0 Å². The number of H-pyrrole nitrogens is 1. The first-order valence-corrected chi connectivity index (χ1v) is 7.82. The normalized spacial score (nSPS) is 21.7. The van der Waals surface area contributed by atoms with Crippen LogP contribution in [0.1, 0.15) is 56.8 Å². The summed E-state index contributed by atoms with van der Waals surface area (Å²) in [6.45, 7) is 5.79. The Hall–Kier alpha value is -2.09. The van der Waals surface area contributed by atoms with E-state index in [4.69, 9.17) is 5.73 Å². The molecular weight excluding hydrogens is 298 g/mol. The van der Waals surface area contributed by atoms with E-state index >= 15 is 0 Å². The lowest BCUT2D eigenvalue weighted by atomic mass is 9.93. The molecule has 8 heteroatoms. The maximum absolute atomic E-state index is 12.2. The van der Waals surface area contributed by atoms with Gasteiger partial charge in [-0.1, -0.05) is 0 Å². The van der Waals surface area contributed by atoms with Crippen molar-refractivity contribution in [2.45, 2.75) is 64.1 Å². The third-order valence-electron chi connectivity index (χ3n) is 3.65. The van der Waals surface area contributed by atoms with Gasteiger partial charge in [0, 0.05) is 11.6 Å². The van der Waals surface area contributed by atoms with Crippen LogP contribution in [0.3, 0.4) is 0 Å². The minimum atomic E-state index is -0.833. The second-order valence-electron chi connectivity index (χ2n) is 7.04. The SMILES string of the molecule is CC(C)(C)Nc1nc(NC2CCCC(O)C2)c(C(N)=O)c(=O)[nH]1. The lowest BCUT2D eigenvalue weighted by molar-refractivity contribution is 0.0999. The van der Waals surface area contributed by atoms with E-state index in [1.54, 1.807) is 0 Å². The van der Waals surface area contributed by atoms with Crippen LogP contribution < -0.4 is 21.9 Å². The number of nitrogens with zero attached hydrogens (tertiary/aromatic N) is 1. The molecule has 0 aromatic carbocycles. The number of primary amides is 1. The van der Waals surface area contributed by atoms with Gasteiger partial charge in [-0.15, -0.1) is 0 Å². The molecule has 1 aliphatic carbocycles. The lowest BCUT2D eigenvalue weighted by Gasteiger charge is -2.28. The number of hydrogen-bond donors (Lipinski definition) is 5. The first-order chi connectivity index (χ1) is 10.7. The topological polar surface area (TPSA) is 133 Å². The third-order valence-corrected chi connectivity index (χ3v) is 3.65. The summed E-state index contributed by atoms with van der Waals surface area (Å²) in [4.78, 5) is 30.6. The highest BCUT2D eigenvalue weighted by Crippen LogP contribution is 2.23. The van der Waals surface area contributed by atoms with Crippen molar-refractivity contribution in [2.24, 2.45) is 5.73 Å². The second kappa shape index (κ2) is 6.57. The number of nitrogens with one attached hydrogen (secondary N) is 3. The van der Waals surface area contributed by atoms with Crippen molar-refractivity contribution in [3.63, 3.8) is 0 Å². The highest BCUT2D eigenvalue weighted by molar-refractivity contribution is 5.97. The number of aliphatic hydroxyl groups excluding tert-OH is 1. The first kappa shape index (κ1) is 17.3. The van der Waals surface area contributed by atoms with Crippen LogP contribution in [0.2, 0.25) is 0 Å². The van der Waals surface area contributed by atoms with Gasteiger partial charge >= 0.3 is 0 Å². The summed E-state index contributed by atoms with van der Waals surface area (Å²) in [7, 11) is 0. The summed E-state index contributed by atoms with van der Waals surface area (Å²) < 4.78 is 0. The molecule has 0 aliphatic heterocycles. The predicted octanol–water partition coefficient (Wildman–Crippen LogP) is 0.795. The summed E-state index contributed by atoms with van der Waals surface area (Å²) in [6.07, 6.45) is 2.65. The summed E-state index contributed by atoms with van der Waals surface area (Å²) in [6, 6.07) is -0.0476.